The standard InChI is InChI=1S/C18H22N4OS/c1-10(2)13-6-8-14(9-7-13)19-17(23)15-12(5)22-16(11(3)4)20-21-18(22)24-15/h6-11H,1-5H3,(H,19,23). The first-order valence-corrected chi connectivity index (χ1v) is 8.96. The fourth-order valence-corrected chi connectivity index (χ4v) is 3.62. The molecule has 0 aliphatic heterocycles. The predicted molar refractivity (Wildman–Crippen MR) is 98.2 cm³/mol. The number of aromatic nitrogens is 3. The number of rotatable bonds is 4. The van der Waals surface area contributed by atoms with Crippen molar-refractivity contribution in [2.24, 2.45) is 0 Å². The Kier molecular flexibility index (Phi) is 4.41. The molecule has 0 unspecified atom stereocenters. The number of fused-ring (bicyclic) bond motifs is 1. The van der Waals surface area contributed by atoms with E-state index in [1.54, 1.807) is 0 Å². The Morgan fingerprint density at radius 1 is 1.08 bits per heavy atom. The van der Waals surface area contributed by atoms with Crippen LogP contribution in [0, 0.1) is 6.92 Å². The first-order chi connectivity index (χ1) is 11.4. The van der Waals surface area contributed by atoms with Gasteiger partial charge >= 0.3 is 0 Å². The molecule has 0 saturated carbocycles. The number of hydrogen-bond acceptors (Lipinski definition) is 4. The molecule has 1 amide bonds. The normalized spacial score (nSPS) is 11.6. The third-order valence-electron chi connectivity index (χ3n) is 4.07. The fraction of sp³-hybridized carbons (Fsp3) is 0.389. The van der Waals surface area contributed by atoms with Crippen LogP contribution >= 0.6 is 11.3 Å². The molecule has 3 aromatic rings. The van der Waals surface area contributed by atoms with Gasteiger partial charge in [-0.15, -0.1) is 10.2 Å². The predicted octanol–water partition coefficient (Wildman–Crippen LogP) is 4.60. The molecular weight excluding hydrogens is 320 g/mol. The quantitative estimate of drug-likeness (QED) is 0.754. The molecule has 2 heterocycles. The minimum atomic E-state index is -0.102. The number of thiazole rings is 1. The first kappa shape index (κ1) is 16.6. The van der Waals surface area contributed by atoms with E-state index in [2.05, 4.69) is 55.3 Å². The number of carbonyl (C=O) groups excluding carboxylic acids is 1. The summed E-state index contributed by atoms with van der Waals surface area (Å²) in [6.45, 7) is 10.4. The van der Waals surface area contributed by atoms with E-state index in [1.165, 1.54) is 16.9 Å². The van der Waals surface area contributed by atoms with Crippen LogP contribution in [-0.4, -0.2) is 20.5 Å². The van der Waals surface area contributed by atoms with Gasteiger partial charge in [0.25, 0.3) is 5.91 Å². The summed E-state index contributed by atoms with van der Waals surface area (Å²) in [4.78, 5) is 14.1. The summed E-state index contributed by atoms with van der Waals surface area (Å²) < 4.78 is 1.98. The Balaban J connectivity index is 1.87. The Labute approximate surface area is 145 Å². The number of benzene rings is 1. The van der Waals surface area contributed by atoms with Gasteiger partial charge in [0.2, 0.25) is 4.96 Å². The monoisotopic (exact) mass is 342 g/mol. The zero-order chi connectivity index (χ0) is 17.4. The molecule has 126 valence electrons. The molecule has 6 heteroatoms. The van der Waals surface area contributed by atoms with E-state index in [-0.39, 0.29) is 11.8 Å². The first-order valence-electron chi connectivity index (χ1n) is 8.14. The van der Waals surface area contributed by atoms with Crippen LogP contribution in [0.4, 0.5) is 5.69 Å². The van der Waals surface area contributed by atoms with Crippen LogP contribution in [-0.2, 0) is 0 Å². The van der Waals surface area contributed by atoms with Gasteiger partial charge in [-0.1, -0.05) is 51.2 Å². The number of hydrogen-bond donors (Lipinski definition) is 1. The van der Waals surface area contributed by atoms with E-state index in [4.69, 9.17) is 0 Å². The summed E-state index contributed by atoms with van der Waals surface area (Å²) >= 11 is 1.37. The molecule has 0 aliphatic rings. The Morgan fingerprint density at radius 3 is 2.33 bits per heavy atom. The summed E-state index contributed by atoms with van der Waals surface area (Å²) in [5.74, 6) is 1.52. The molecule has 0 bridgehead atoms. The van der Waals surface area contributed by atoms with Crippen LogP contribution in [0.25, 0.3) is 4.96 Å². The fourth-order valence-electron chi connectivity index (χ4n) is 2.65. The van der Waals surface area contributed by atoms with Gasteiger partial charge < -0.3 is 5.32 Å². The smallest absolute Gasteiger partial charge is 0.267 e. The van der Waals surface area contributed by atoms with E-state index in [0.717, 1.165) is 22.2 Å². The third-order valence-corrected chi connectivity index (χ3v) is 5.21. The second kappa shape index (κ2) is 6.36. The molecule has 0 saturated heterocycles. The van der Waals surface area contributed by atoms with Crippen molar-refractivity contribution in [1.29, 1.82) is 0 Å². The van der Waals surface area contributed by atoms with Gasteiger partial charge in [-0.3, -0.25) is 9.20 Å². The minimum absolute atomic E-state index is 0.102. The van der Waals surface area contributed by atoms with E-state index in [0.29, 0.717) is 10.8 Å². The van der Waals surface area contributed by atoms with Gasteiger partial charge in [0.15, 0.2) is 0 Å². The Morgan fingerprint density at radius 2 is 1.75 bits per heavy atom. The van der Waals surface area contributed by atoms with Gasteiger partial charge in [0.05, 0.1) is 0 Å². The van der Waals surface area contributed by atoms with Crippen molar-refractivity contribution in [2.75, 3.05) is 5.32 Å². The number of aryl methyl sites for hydroxylation is 1. The summed E-state index contributed by atoms with van der Waals surface area (Å²) in [6.07, 6.45) is 0. The number of carbonyl (C=O) groups is 1. The molecule has 3 rings (SSSR count). The highest BCUT2D eigenvalue weighted by molar-refractivity contribution is 7.19. The van der Waals surface area contributed by atoms with Gasteiger partial charge in [-0.25, -0.2) is 0 Å². The van der Waals surface area contributed by atoms with Crippen LogP contribution in [0.3, 0.4) is 0 Å². The van der Waals surface area contributed by atoms with Crippen LogP contribution in [0.5, 0.6) is 0 Å². The van der Waals surface area contributed by atoms with Gasteiger partial charge in [0.1, 0.15) is 10.7 Å². The number of nitrogens with one attached hydrogen (secondary N) is 1. The van der Waals surface area contributed by atoms with Crippen molar-refractivity contribution in [3.63, 3.8) is 0 Å². The highest BCUT2D eigenvalue weighted by atomic mass is 32.1. The maximum Gasteiger partial charge on any atom is 0.267 e. The lowest BCUT2D eigenvalue weighted by Crippen LogP contribution is -2.12. The SMILES string of the molecule is Cc1c(C(=O)Nc2ccc(C(C)C)cc2)sc2nnc(C(C)C)n12. The van der Waals surface area contributed by atoms with Gasteiger partial charge in [-0.2, -0.15) is 0 Å². The largest absolute Gasteiger partial charge is 0.321 e. The molecular formula is C18H22N4OS. The molecule has 2 aromatic heterocycles. The van der Waals surface area contributed by atoms with Crippen molar-refractivity contribution in [1.82, 2.24) is 14.6 Å². The lowest BCUT2D eigenvalue weighted by atomic mass is 10.0. The Bertz CT molecular complexity index is 874. The van der Waals surface area contributed by atoms with E-state index in [1.807, 2.05) is 23.5 Å². The zero-order valence-corrected chi connectivity index (χ0v) is 15.4. The number of anilines is 1. The second-order valence-corrected chi connectivity index (χ2v) is 7.56. The molecule has 5 nitrogen and oxygen atoms in total. The average Bonchev–Trinajstić information content (AvgIpc) is 3.08. The van der Waals surface area contributed by atoms with Crippen LogP contribution in [0.2, 0.25) is 0 Å². The number of nitrogens with zero attached hydrogens (tertiary/aromatic N) is 3. The van der Waals surface area contributed by atoms with Crippen LogP contribution in [0.1, 0.15) is 66.3 Å². The molecule has 1 aromatic carbocycles. The van der Waals surface area contributed by atoms with E-state index < -0.39 is 0 Å². The zero-order valence-electron chi connectivity index (χ0n) is 14.6. The van der Waals surface area contributed by atoms with E-state index in [9.17, 15) is 4.79 Å². The van der Waals surface area contributed by atoms with Crippen molar-refractivity contribution < 1.29 is 4.79 Å². The second-order valence-electron chi connectivity index (χ2n) is 6.58. The molecule has 0 aliphatic carbocycles. The summed E-state index contributed by atoms with van der Waals surface area (Å²) in [5, 5.41) is 11.4. The average molecular weight is 342 g/mol. The van der Waals surface area contributed by atoms with Gasteiger partial charge in [0, 0.05) is 17.3 Å². The number of amides is 1. The summed E-state index contributed by atoms with van der Waals surface area (Å²) in [5.41, 5.74) is 2.95. The highest BCUT2D eigenvalue weighted by Gasteiger charge is 2.21. The van der Waals surface area contributed by atoms with Crippen molar-refractivity contribution in [2.45, 2.75) is 46.5 Å². The topological polar surface area (TPSA) is 59.3 Å². The van der Waals surface area contributed by atoms with E-state index >= 15 is 0 Å². The molecule has 0 radical (unpaired) electrons. The third kappa shape index (κ3) is 2.94. The molecule has 0 fully saturated rings. The van der Waals surface area contributed by atoms with Crippen molar-refractivity contribution in [3.05, 3.63) is 46.2 Å². The maximum atomic E-state index is 12.6. The molecule has 0 atom stereocenters. The van der Waals surface area contributed by atoms with Gasteiger partial charge in [-0.05, 0) is 30.5 Å². The minimum Gasteiger partial charge on any atom is -0.321 e. The van der Waals surface area contributed by atoms with Crippen LogP contribution < -0.4 is 5.32 Å². The van der Waals surface area contributed by atoms with Crippen molar-refractivity contribution >= 4 is 27.9 Å². The summed E-state index contributed by atoms with van der Waals surface area (Å²) in [7, 11) is 0. The molecule has 1 N–H and O–H groups in total. The van der Waals surface area contributed by atoms with Crippen LogP contribution in [0.15, 0.2) is 24.3 Å². The molecule has 0 spiro atoms. The lowest BCUT2D eigenvalue weighted by molar-refractivity contribution is 0.102. The lowest BCUT2D eigenvalue weighted by Gasteiger charge is -2.08. The highest BCUT2D eigenvalue weighted by Crippen LogP contribution is 2.26. The summed E-state index contributed by atoms with van der Waals surface area (Å²) in [6, 6.07) is 8.00. The van der Waals surface area contributed by atoms with Crippen molar-refractivity contribution in [3.8, 4) is 0 Å². The molecule has 24 heavy (non-hydrogen) atoms. The Hall–Kier alpha value is -2.21. The maximum absolute atomic E-state index is 12.6.